The molecule has 0 saturated carbocycles. The van der Waals surface area contributed by atoms with Crippen LogP contribution in [-0.2, 0) is 11.2 Å². The standard InChI is InChI=1S/C24H23N3O3/c1-16-15-18(24-25-13-14-26-24)5-10-21(16)27-19(7-12-23(28)29)6-11-22(27)17-3-8-20(30-2)9-4-17/h3-6,8-11,13-15H,7,12H2,1-2H3,(H,25,26)(H,28,29). The predicted molar refractivity (Wildman–Crippen MR) is 116 cm³/mol. The molecule has 0 unspecified atom stereocenters. The van der Waals surface area contributed by atoms with Crippen molar-refractivity contribution in [3.05, 3.63) is 78.2 Å². The summed E-state index contributed by atoms with van der Waals surface area (Å²) in [5, 5.41) is 9.18. The third-order valence-corrected chi connectivity index (χ3v) is 5.15. The Hall–Kier alpha value is -3.80. The van der Waals surface area contributed by atoms with Gasteiger partial charge in [0.2, 0.25) is 0 Å². The molecule has 0 fully saturated rings. The fourth-order valence-electron chi connectivity index (χ4n) is 3.66. The van der Waals surface area contributed by atoms with E-state index in [2.05, 4.69) is 33.6 Å². The number of ether oxygens (including phenoxy) is 1. The lowest BCUT2D eigenvalue weighted by Crippen LogP contribution is -2.07. The average Bonchev–Trinajstić information content (AvgIpc) is 3.42. The number of aromatic nitrogens is 3. The van der Waals surface area contributed by atoms with Crippen LogP contribution in [0.4, 0.5) is 0 Å². The molecule has 6 heteroatoms. The molecule has 2 aromatic carbocycles. The predicted octanol–water partition coefficient (Wildman–Crippen LogP) is 4.87. The molecule has 4 aromatic rings. The van der Waals surface area contributed by atoms with Crippen LogP contribution in [0.3, 0.4) is 0 Å². The first-order valence-corrected chi connectivity index (χ1v) is 9.74. The van der Waals surface area contributed by atoms with Gasteiger partial charge in [-0.15, -0.1) is 0 Å². The van der Waals surface area contributed by atoms with E-state index in [1.807, 2.05) is 42.5 Å². The molecular weight excluding hydrogens is 378 g/mol. The van der Waals surface area contributed by atoms with Crippen molar-refractivity contribution in [3.8, 4) is 34.1 Å². The number of nitrogens with zero attached hydrogens (tertiary/aromatic N) is 2. The number of imidazole rings is 1. The van der Waals surface area contributed by atoms with Crippen LogP contribution in [0.5, 0.6) is 5.75 Å². The molecule has 2 N–H and O–H groups in total. The van der Waals surface area contributed by atoms with E-state index in [-0.39, 0.29) is 6.42 Å². The SMILES string of the molecule is COc1ccc(-c2ccc(CCC(=O)O)n2-c2ccc(-c3ncc[nH]3)cc2C)cc1. The van der Waals surface area contributed by atoms with E-state index in [4.69, 9.17) is 4.74 Å². The Bertz CT molecular complexity index is 1160. The number of carboxylic acid groups (broad SMARTS) is 1. The molecule has 0 atom stereocenters. The van der Waals surface area contributed by atoms with Crippen molar-refractivity contribution in [2.45, 2.75) is 19.8 Å². The van der Waals surface area contributed by atoms with Gasteiger partial charge < -0.3 is 19.4 Å². The summed E-state index contributed by atoms with van der Waals surface area (Å²) < 4.78 is 7.42. The second-order valence-electron chi connectivity index (χ2n) is 7.11. The van der Waals surface area contributed by atoms with Gasteiger partial charge in [-0.05, 0) is 79.1 Å². The van der Waals surface area contributed by atoms with Gasteiger partial charge in [0.15, 0.2) is 0 Å². The van der Waals surface area contributed by atoms with Gasteiger partial charge in [-0.2, -0.15) is 0 Å². The maximum Gasteiger partial charge on any atom is 0.303 e. The minimum Gasteiger partial charge on any atom is -0.497 e. The molecule has 152 valence electrons. The van der Waals surface area contributed by atoms with Crippen LogP contribution in [0.2, 0.25) is 0 Å². The summed E-state index contributed by atoms with van der Waals surface area (Å²) in [6.07, 6.45) is 4.06. The Balaban J connectivity index is 1.81. The van der Waals surface area contributed by atoms with E-state index < -0.39 is 5.97 Å². The summed E-state index contributed by atoms with van der Waals surface area (Å²) >= 11 is 0. The summed E-state index contributed by atoms with van der Waals surface area (Å²) in [7, 11) is 1.64. The molecule has 0 aliphatic heterocycles. The van der Waals surface area contributed by atoms with Gasteiger partial charge in [0.05, 0.1) is 19.2 Å². The van der Waals surface area contributed by atoms with Crippen molar-refractivity contribution >= 4 is 5.97 Å². The number of carbonyl (C=O) groups is 1. The maximum absolute atomic E-state index is 11.2. The molecule has 6 nitrogen and oxygen atoms in total. The van der Waals surface area contributed by atoms with Crippen LogP contribution in [0.25, 0.3) is 28.3 Å². The second kappa shape index (κ2) is 8.29. The number of H-pyrrole nitrogens is 1. The van der Waals surface area contributed by atoms with E-state index in [1.54, 1.807) is 19.5 Å². The van der Waals surface area contributed by atoms with Crippen molar-refractivity contribution in [2.24, 2.45) is 0 Å². The molecule has 0 aliphatic carbocycles. The average molecular weight is 401 g/mol. The quantitative estimate of drug-likeness (QED) is 0.463. The van der Waals surface area contributed by atoms with E-state index in [9.17, 15) is 9.90 Å². The number of benzene rings is 2. The molecule has 0 spiro atoms. The molecule has 0 aliphatic rings. The van der Waals surface area contributed by atoms with Crippen LogP contribution >= 0.6 is 0 Å². The Morgan fingerprint density at radius 2 is 1.87 bits per heavy atom. The van der Waals surface area contributed by atoms with Crippen molar-refractivity contribution in [3.63, 3.8) is 0 Å². The summed E-state index contributed by atoms with van der Waals surface area (Å²) in [4.78, 5) is 18.6. The largest absolute Gasteiger partial charge is 0.497 e. The van der Waals surface area contributed by atoms with Crippen LogP contribution in [0.1, 0.15) is 17.7 Å². The second-order valence-corrected chi connectivity index (χ2v) is 7.11. The van der Waals surface area contributed by atoms with Gasteiger partial charge in [-0.1, -0.05) is 0 Å². The number of rotatable bonds is 7. The molecule has 2 heterocycles. The first-order chi connectivity index (χ1) is 14.6. The van der Waals surface area contributed by atoms with Gasteiger partial charge in [0.25, 0.3) is 0 Å². The summed E-state index contributed by atoms with van der Waals surface area (Å²) in [5.41, 5.74) is 6.09. The third-order valence-electron chi connectivity index (χ3n) is 5.15. The maximum atomic E-state index is 11.2. The monoisotopic (exact) mass is 401 g/mol. The van der Waals surface area contributed by atoms with Crippen molar-refractivity contribution < 1.29 is 14.6 Å². The smallest absolute Gasteiger partial charge is 0.303 e. The number of aromatic amines is 1. The molecule has 0 saturated heterocycles. The van der Waals surface area contributed by atoms with Gasteiger partial charge in [0, 0.05) is 29.3 Å². The van der Waals surface area contributed by atoms with E-state index in [1.165, 1.54) is 0 Å². The van der Waals surface area contributed by atoms with Crippen LogP contribution in [0.15, 0.2) is 67.0 Å². The summed E-state index contributed by atoms with van der Waals surface area (Å²) in [6, 6.07) is 18.1. The van der Waals surface area contributed by atoms with Gasteiger partial charge in [-0.25, -0.2) is 4.98 Å². The highest BCUT2D eigenvalue weighted by Gasteiger charge is 2.15. The zero-order valence-corrected chi connectivity index (χ0v) is 16.9. The van der Waals surface area contributed by atoms with Gasteiger partial charge in [-0.3, -0.25) is 4.79 Å². The van der Waals surface area contributed by atoms with E-state index in [0.29, 0.717) is 6.42 Å². The lowest BCUT2D eigenvalue weighted by molar-refractivity contribution is -0.136. The molecule has 30 heavy (non-hydrogen) atoms. The number of methoxy groups -OCH3 is 1. The first-order valence-electron chi connectivity index (χ1n) is 9.74. The zero-order valence-electron chi connectivity index (χ0n) is 16.9. The van der Waals surface area contributed by atoms with Crippen LogP contribution in [-0.4, -0.2) is 32.7 Å². The molecule has 4 rings (SSSR count). The fourth-order valence-corrected chi connectivity index (χ4v) is 3.66. The minimum absolute atomic E-state index is 0.0790. The van der Waals surface area contributed by atoms with Crippen molar-refractivity contribution in [1.82, 2.24) is 14.5 Å². The normalized spacial score (nSPS) is 10.9. The first kappa shape index (κ1) is 19.5. The Morgan fingerprint density at radius 3 is 2.50 bits per heavy atom. The van der Waals surface area contributed by atoms with Crippen molar-refractivity contribution in [2.75, 3.05) is 7.11 Å². The molecule has 2 aromatic heterocycles. The Morgan fingerprint density at radius 1 is 1.10 bits per heavy atom. The molecular formula is C24H23N3O3. The highest BCUT2D eigenvalue weighted by atomic mass is 16.5. The Labute approximate surface area is 174 Å². The van der Waals surface area contributed by atoms with E-state index >= 15 is 0 Å². The highest BCUT2D eigenvalue weighted by molar-refractivity contribution is 5.69. The number of hydrogen-bond acceptors (Lipinski definition) is 3. The van der Waals surface area contributed by atoms with Gasteiger partial charge in [0.1, 0.15) is 11.6 Å². The fraction of sp³-hybridized carbons (Fsp3) is 0.167. The minimum atomic E-state index is -0.807. The number of carboxylic acids is 1. The molecule has 0 bridgehead atoms. The number of aryl methyl sites for hydroxylation is 2. The van der Waals surface area contributed by atoms with Crippen LogP contribution in [0, 0.1) is 6.92 Å². The Kier molecular flexibility index (Phi) is 5.39. The number of aliphatic carboxylic acids is 1. The summed E-state index contributed by atoms with van der Waals surface area (Å²) in [6.45, 7) is 2.06. The summed E-state index contributed by atoms with van der Waals surface area (Å²) in [5.74, 6) is 0.805. The highest BCUT2D eigenvalue weighted by Crippen LogP contribution is 2.31. The third kappa shape index (κ3) is 3.85. The molecule has 0 radical (unpaired) electrons. The lowest BCUT2D eigenvalue weighted by atomic mass is 10.1. The lowest BCUT2D eigenvalue weighted by Gasteiger charge is -2.17. The number of nitrogens with one attached hydrogen (secondary N) is 1. The van der Waals surface area contributed by atoms with Crippen molar-refractivity contribution in [1.29, 1.82) is 0 Å². The topological polar surface area (TPSA) is 80.1 Å². The van der Waals surface area contributed by atoms with Gasteiger partial charge >= 0.3 is 5.97 Å². The zero-order chi connectivity index (χ0) is 21.1. The van der Waals surface area contributed by atoms with Crippen LogP contribution < -0.4 is 4.74 Å². The number of hydrogen-bond donors (Lipinski definition) is 2. The van der Waals surface area contributed by atoms with E-state index in [0.717, 1.165) is 45.3 Å². The molecule has 0 amide bonds.